The van der Waals surface area contributed by atoms with Crippen molar-refractivity contribution in [2.75, 3.05) is 13.1 Å². The number of hydrogen-bond donors (Lipinski definition) is 1. The van der Waals surface area contributed by atoms with E-state index >= 15 is 0 Å². The number of aromatic nitrogens is 1. The highest BCUT2D eigenvalue weighted by atomic mass is 16.5. The number of ketones is 1. The Hall–Kier alpha value is -2.66. The van der Waals surface area contributed by atoms with Gasteiger partial charge >= 0.3 is 0 Å². The first-order valence-electron chi connectivity index (χ1n) is 9.03. The zero-order valence-corrected chi connectivity index (χ0v) is 14.8. The highest BCUT2D eigenvalue weighted by molar-refractivity contribution is 6.14. The van der Waals surface area contributed by atoms with Gasteiger partial charge in [-0.2, -0.15) is 0 Å². The molecule has 0 saturated carbocycles. The predicted molar refractivity (Wildman–Crippen MR) is 99.0 cm³/mol. The van der Waals surface area contributed by atoms with Crippen LogP contribution in [0.15, 0.2) is 42.4 Å². The summed E-state index contributed by atoms with van der Waals surface area (Å²) < 4.78 is 5.90. The fraction of sp³-hybridized carbons (Fsp3) is 0.333. The number of rotatable bonds is 3. The van der Waals surface area contributed by atoms with E-state index < -0.39 is 0 Å². The number of likely N-dealkylation sites (tertiary alicyclic amines) is 1. The highest BCUT2D eigenvalue weighted by Crippen LogP contribution is 2.40. The quantitative estimate of drug-likeness (QED) is 0.857. The van der Waals surface area contributed by atoms with Crippen LogP contribution in [0.4, 0.5) is 0 Å². The number of piperidine rings is 1. The van der Waals surface area contributed by atoms with Crippen LogP contribution in [0.5, 0.6) is 11.5 Å². The molecule has 1 aromatic carbocycles. The normalized spacial score (nSPS) is 21.7. The molecule has 134 valence electrons. The van der Waals surface area contributed by atoms with Crippen LogP contribution in [0.2, 0.25) is 0 Å². The first-order valence-corrected chi connectivity index (χ1v) is 9.03. The number of carbonyl (C=O) groups excluding carboxylic acids is 1. The maximum Gasteiger partial charge on any atom is 0.231 e. The zero-order chi connectivity index (χ0) is 18.1. The van der Waals surface area contributed by atoms with Crippen molar-refractivity contribution in [2.24, 2.45) is 5.92 Å². The Morgan fingerprint density at radius 3 is 3.04 bits per heavy atom. The largest absolute Gasteiger partial charge is 0.507 e. The molecule has 1 saturated heterocycles. The van der Waals surface area contributed by atoms with Gasteiger partial charge in [-0.05, 0) is 55.1 Å². The smallest absolute Gasteiger partial charge is 0.231 e. The summed E-state index contributed by atoms with van der Waals surface area (Å²) in [6.45, 7) is 4.83. The lowest BCUT2D eigenvalue weighted by molar-refractivity contribution is 0.101. The van der Waals surface area contributed by atoms with Gasteiger partial charge in [0.05, 0.1) is 11.1 Å². The lowest BCUT2D eigenvalue weighted by Gasteiger charge is -2.31. The average molecular weight is 350 g/mol. The molecule has 2 aliphatic heterocycles. The van der Waals surface area contributed by atoms with E-state index in [4.69, 9.17) is 4.74 Å². The predicted octanol–water partition coefficient (Wildman–Crippen LogP) is 3.64. The number of ether oxygens (including phenoxy) is 1. The van der Waals surface area contributed by atoms with Gasteiger partial charge in [-0.25, -0.2) is 0 Å². The minimum Gasteiger partial charge on any atom is -0.507 e. The van der Waals surface area contributed by atoms with E-state index in [1.54, 1.807) is 30.6 Å². The molecule has 0 amide bonds. The molecule has 2 aromatic rings. The third kappa shape index (κ3) is 3.22. The van der Waals surface area contributed by atoms with Gasteiger partial charge in [-0.3, -0.25) is 14.7 Å². The molecule has 1 fully saturated rings. The average Bonchev–Trinajstić information content (AvgIpc) is 2.95. The lowest BCUT2D eigenvalue weighted by Crippen LogP contribution is -2.33. The van der Waals surface area contributed by atoms with Crippen molar-refractivity contribution < 1.29 is 14.6 Å². The second-order valence-electron chi connectivity index (χ2n) is 7.15. The van der Waals surface area contributed by atoms with Gasteiger partial charge in [-0.15, -0.1) is 0 Å². The number of nitrogens with zero attached hydrogens (tertiary/aromatic N) is 2. The number of fused-ring (bicyclic) bond motifs is 1. The van der Waals surface area contributed by atoms with E-state index in [9.17, 15) is 9.90 Å². The SMILES string of the molecule is C[C@@H]1CCCN(Cc2c(O)ccc3c2O/C(=C\c2cccnc2)C3=O)C1. The van der Waals surface area contributed by atoms with Crippen molar-refractivity contribution in [3.8, 4) is 11.5 Å². The van der Waals surface area contributed by atoms with Crippen LogP contribution in [-0.4, -0.2) is 33.9 Å². The summed E-state index contributed by atoms with van der Waals surface area (Å²) >= 11 is 0. The molecule has 3 heterocycles. The van der Waals surface area contributed by atoms with E-state index in [1.165, 1.54) is 6.42 Å². The molecule has 1 N–H and O–H groups in total. The van der Waals surface area contributed by atoms with Crippen molar-refractivity contribution in [1.29, 1.82) is 0 Å². The summed E-state index contributed by atoms with van der Waals surface area (Å²) in [5, 5.41) is 10.4. The molecule has 1 atom stereocenters. The van der Waals surface area contributed by atoms with Gasteiger partial charge in [0.25, 0.3) is 0 Å². The summed E-state index contributed by atoms with van der Waals surface area (Å²) in [5.74, 6) is 1.43. The van der Waals surface area contributed by atoms with Crippen molar-refractivity contribution >= 4 is 11.9 Å². The van der Waals surface area contributed by atoms with Crippen molar-refractivity contribution in [2.45, 2.75) is 26.3 Å². The van der Waals surface area contributed by atoms with Crippen LogP contribution >= 0.6 is 0 Å². The molecule has 2 aliphatic rings. The van der Waals surface area contributed by atoms with E-state index in [0.29, 0.717) is 29.3 Å². The lowest BCUT2D eigenvalue weighted by atomic mass is 9.99. The van der Waals surface area contributed by atoms with Gasteiger partial charge in [0.15, 0.2) is 5.76 Å². The first kappa shape index (κ1) is 16.8. The molecule has 5 nitrogen and oxygen atoms in total. The van der Waals surface area contributed by atoms with Crippen LogP contribution in [-0.2, 0) is 6.54 Å². The minimum atomic E-state index is -0.155. The Balaban J connectivity index is 1.64. The molecular formula is C21H22N2O3. The second kappa shape index (κ2) is 6.92. The molecule has 26 heavy (non-hydrogen) atoms. The van der Waals surface area contributed by atoms with Gasteiger partial charge in [-0.1, -0.05) is 13.0 Å². The number of phenolic OH excluding ortho intramolecular Hbond substituents is 1. The summed E-state index contributed by atoms with van der Waals surface area (Å²) in [7, 11) is 0. The third-order valence-corrected chi connectivity index (χ3v) is 5.02. The van der Waals surface area contributed by atoms with Crippen molar-refractivity contribution in [3.05, 3.63) is 59.1 Å². The Bertz CT molecular complexity index is 861. The van der Waals surface area contributed by atoms with E-state index in [0.717, 1.165) is 25.1 Å². The number of phenols is 1. The zero-order valence-electron chi connectivity index (χ0n) is 14.8. The Morgan fingerprint density at radius 1 is 1.38 bits per heavy atom. The van der Waals surface area contributed by atoms with Gasteiger partial charge in [0.1, 0.15) is 11.5 Å². The molecule has 0 radical (unpaired) electrons. The molecule has 0 aliphatic carbocycles. The number of carbonyl (C=O) groups is 1. The number of pyridine rings is 1. The molecular weight excluding hydrogens is 328 g/mol. The number of benzene rings is 1. The summed E-state index contributed by atoms with van der Waals surface area (Å²) in [4.78, 5) is 19.1. The van der Waals surface area contributed by atoms with Gasteiger partial charge in [0, 0.05) is 25.5 Å². The van der Waals surface area contributed by atoms with Crippen LogP contribution < -0.4 is 4.74 Å². The molecule has 5 heteroatoms. The Morgan fingerprint density at radius 2 is 2.27 bits per heavy atom. The second-order valence-corrected chi connectivity index (χ2v) is 7.15. The summed E-state index contributed by atoms with van der Waals surface area (Å²) in [6, 6.07) is 6.91. The highest BCUT2D eigenvalue weighted by Gasteiger charge is 2.32. The van der Waals surface area contributed by atoms with Gasteiger partial charge in [0.2, 0.25) is 5.78 Å². The maximum atomic E-state index is 12.7. The number of Topliss-reactive ketones (excluding diaryl/α,β-unsaturated/α-hetero) is 1. The third-order valence-electron chi connectivity index (χ3n) is 5.02. The summed E-state index contributed by atoms with van der Waals surface area (Å²) in [6.07, 6.45) is 7.45. The number of aromatic hydroxyl groups is 1. The fourth-order valence-corrected chi connectivity index (χ4v) is 3.72. The monoisotopic (exact) mass is 350 g/mol. The van der Waals surface area contributed by atoms with Crippen molar-refractivity contribution in [3.63, 3.8) is 0 Å². The molecule has 0 bridgehead atoms. The van der Waals surface area contributed by atoms with Crippen LogP contribution in [0.25, 0.3) is 6.08 Å². The minimum absolute atomic E-state index is 0.155. The van der Waals surface area contributed by atoms with E-state index in [2.05, 4.69) is 16.8 Å². The van der Waals surface area contributed by atoms with Crippen LogP contribution in [0.1, 0.15) is 41.3 Å². The van der Waals surface area contributed by atoms with Crippen LogP contribution in [0.3, 0.4) is 0 Å². The fourth-order valence-electron chi connectivity index (χ4n) is 3.72. The first-order chi connectivity index (χ1) is 12.6. The Kier molecular flexibility index (Phi) is 4.47. The Labute approximate surface area is 152 Å². The topological polar surface area (TPSA) is 62.7 Å². The molecule has 1 aromatic heterocycles. The maximum absolute atomic E-state index is 12.7. The van der Waals surface area contributed by atoms with E-state index in [1.807, 2.05) is 12.1 Å². The van der Waals surface area contributed by atoms with Crippen molar-refractivity contribution in [1.82, 2.24) is 9.88 Å². The molecule has 4 rings (SSSR count). The summed E-state index contributed by atoms with van der Waals surface area (Å²) in [5.41, 5.74) is 2.01. The standard InChI is InChI=1S/C21H22N2O3/c1-14-4-3-9-23(12-14)13-17-18(24)7-6-16-20(25)19(26-21(16)17)10-15-5-2-8-22-11-15/h2,5-8,10-11,14,24H,3-4,9,12-13H2,1H3/b19-10-/t14-/m1/s1. The molecule has 0 unspecified atom stereocenters. The number of allylic oxidation sites excluding steroid dienone is 1. The molecule has 0 spiro atoms. The van der Waals surface area contributed by atoms with Gasteiger partial charge < -0.3 is 9.84 Å². The van der Waals surface area contributed by atoms with Crippen LogP contribution in [0, 0.1) is 5.92 Å². The number of hydrogen-bond acceptors (Lipinski definition) is 5. The van der Waals surface area contributed by atoms with E-state index in [-0.39, 0.29) is 17.3 Å².